The predicted molar refractivity (Wildman–Crippen MR) is 92.2 cm³/mol. The van der Waals surface area contributed by atoms with Crippen molar-refractivity contribution in [2.24, 2.45) is 0 Å². The van der Waals surface area contributed by atoms with Gasteiger partial charge >= 0.3 is 0 Å². The van der Waals surface area contributed by atoms with Crippen molar-refractivity contribution < 1.29 is 4.74 Å². The fourth-order valence-electron chi connectivity index (χ4n) is 1.92. The van der Waals surface area contributed by atoms with Crippen LogP contribution in [0.1, 0.15) is 18.5 Å². The van der Waals surface area contributed by atoms with Crippen LogP contribution in [0.4, 0.5) is 5.69 Å². The van der Waals surface area contributed by atoms with Crippen molar-refractivity contribution in [3.8, 4) is 5.75 Å². The Morgan fingerprint density at radius 3 is 2.67 bits per heavy atom. The fraction of sp³-hybridized carbons (Fsp3) is 0.188. The molecule has 0 aliphatic carbocycles. The molecular formula is C16H17ClN2OS. The lowest BCUT2D eigenvalue weighted by Crippen LogP contribution is -2.30. The maximum Gasteiger partial charge on any atom is 0.171 e. The molecule has 2 aromatic carbocycles. The zero-order valence-electron chi connectivity index (χ0n) is 11.9. The molecule has 2 N–H and O–H groups in total. The quantitative estimate of drug-likeness (QED) is 0.818. The highest BCUT2D eigenvalue weighted by atomic mass is 35.5. The van der Waals surface area contributed by atoms with E-state index in [1.165, 1.54) is 0 Å². The highest BCUT2D eigenvalue weighted by Crippen LogP contribution is 2.19. The molecule has 0 aromatic heterocycles. The summed E-state index contributed by atoms with van der Waals surface area (Å²) in [6, 6.07) is 15.4. The van der Waals surface area contributed by atoms with E-state index in [4.69, 9.17) is 28.6 Å². The van der Waals surface area contributed by atoms with Crippen LogP contribution in [0.25, 0.3) is 0 Å². The van der Waals surface area contributed by atoms with Gasteiger partial charge in [-0.1, -0.05) is 29.8 Å². The smallest absolute Gasteiger partial charge is 0.171 e. The number of ether oxygens (including phenoxy) is 1. The topological polar surface area (TPSA) is 33.3 Å². The van der Waals surface area contributed by atoms with Crippen LogP contribution in [0, 0.1) is 0 Å². The summed E-state index contributed by atoms with van der Waals surface area (Å²) in [6.45, 7) is 2.04. The van der Waals surface area contributed by atoms with E-state index in [2.05, 4.69) is 10.6 Å². The van der Waals surface area contributed by atoms with Crippen molar-refractivity contribution in [3.05, 3.63) is 59.1 Å². The molecule has 0 saturated carbocycles. The molecule has 2 aromatic rings. The van der Waals surface area contributed by atoms with E-state index in [9.17, 15) is 0 Å². The molecule has 0 bridgehead atoms. The van der Waals surface area contributed by atoms with E-state index in [1.54, 1.807) is 7.11 Å². The minimum absolute atomic E-state index is 0.0688. The van der Waals surface area contributed by atoms with Gasteiger partial charge in [0.2, 0.25) is 0 Å². The number of rotatable bonds is 4. The van der Waals surface area contributed by atoms with Crippen LogP contribution < -0.4 is 15.4 Å². The molecule has 3 nitrogen and oxygen atoms in total. The molecule has 0 aliphatic rings. The van der Waals surface area contributed by atoms with E-state index < -0.39 is 0 Å². The molecule has 110 valence electrons. The van der Waals surface area contributed by atoms with E-state index in [1.807, 2.05) is 55.5 Å². The number of thiocarbonyl (C=S) groups is 1. The average molecular weight is 321 g/mol. The van der Waals surface area contributed by atoms with Gasteiger partial charge in [0.1, 0.15) is 5.75 Å². The van der Waals surface area contributed by atoms with Gasteiger partial charge in [0.15, 0.2) is 5.11 Å². The molecule has 1 unspecified atom stereocenters. The number of halogens is 1. The van der Waals surface area contributed by atoms with Crippen molar-refractivity contribution >= 4 is 34.6 Å². The standard InChI is InChI=1S/C16H17ClN2OS/c1-11(12-5-3-8-15(9-12)20-2)18-16(21)19-14-7-4-6-13(17)10-14/h3-11H,1-2H3,(H2,18,19,21). The molecule has 0 spiro atoms. The molecular weight excluding hydrogens is 304 g/mol. The maximum atomic E-state index is 5.95. The first-order valence-corrected chi connectivity index (χ1v) is 7.34. The SMILES string of the molecule is COc1cccc(C(C)NC(=S)Nc2cccc(Cl)c2)c1. The lowest BCUT2D eigenvalue weighted by Gasteiger charge is -2.18. The summed E-state index contributed by atoms with van der Waals surface area (Å²) < 4.78 is 5.23. The normalized spacial score (nSPS) is 11.6. The van der Waals surface area contributed by atoms with Crippen LogP contribution in [-0.2, 0) is 0 Å². The van der Waals surface area contributed by atoms with Gasteiger partial charge in [-0.3, -0.25) is 0 Å². The van der Waals surface area contributed by atoms with Gasteiger partial charge in [0, 0.05) is 10.7 Å². The zero-order valence-corrected chi connectivity index (χ0v) is 13.5. The summed E-state index contributed by atoms with van der Waals surface area (Å²) in [6.07, 6.45) is 0. The largest absolute Gasteiger partial charge is 0.497 e. The molecule has 5 heteroatoms. The van der Waals surface area contributed by atoms with Crippen LogP contribution in [0.3, 0.4) is 0 Å². The van der Waals surface area contributed by atoms with Crippen LogP contribution in [-0.4, -0.2) is 12.2 Å². The second kappa shape index (κ2) is 7.29. The first kappa shape index (κ1) is 15.6. The van der Waals surface area contributed by atoms with Crippen LogP contribution in [0.15, 0.2) is 48.5 Å². The number of hydrogen-bond donors (Lipinski definition) is 2. The Morgan fingerprint density at radius 2 is 1.95 bits per heavy atom. The lowest BCUT2D eigenvalue weighted by atomic mass is 10.1. The highest BCUT2D eigenvalue weighted by Gasteiger charge is 2.08. The van der Waals surface area contributed by atoms with Crippen molar-refractivity contribution in [2.45, 2.75) is 13.0 Å². The highest BCUT2D eigenvalue weighted by molar-refractivity contribution is 7.80. The molecule has 0 radical (unpaired) electrons. The Balaban J connectivity index is 1.98. The predicted octanol–water partition coefficient (Wildman–Crippen LogP) is 4.40. The van der Waals surface area contributed by atoms with Gasteiger partial charge in [-0.25, -0.2) is 0 Å². The van der Waals surface area contributed by atoms with E-state index in [-0.39, 0.29) is 6.04 Å². The van der Waals surface area contributed by atoms with E-state index >= 15 is 0 Å². The van der Waals surface area contributed by atoms with Crippen LogP contribution >= 0.6 is 23.8 Å². The summed E-state index contributed by atoms with van der Waals surface area (Å²) in [7, 11) is 1.66. The van der Waals surface area contributed by atoms with Crippen molar-refractivity contribution in [1.29, 1.82) is 0 Å². The minimum Gasteiger partial charge on any atom is -0.497 e. The van der Waals surface area contributed by atoms with Crippen LogP contribution in [0.2, 0.25) is 5.02 Å². The number of benzene rings is 2. The van der Waals surface area contributed by atoms with Crippen molar-refractivity contribution in [2.75, 3.05) is 12.4 Å². The van der Waals surface area contributed by atoms with E-state index in [0.29, 0.717) is 10.1 Å². The second-order valence-electron chi connectivity index (χ2n) is 4.61. The molecule has 0 aliphatic heterocycles. The first-order valence-electron chi connectivity index (χ1n) is 6.55. The third kappa shape index (κ3) is 4.62. The Morgan fingerprint density at radius 1 is 1.19 bits per heavy atom. The minimum atomic E-state index is 0.0688. The molecule has 1 atom stereocenters. The van der Waals surface area contributed by atoms with Gasteiger partial charge in [0.25, 0.3) is 0 Å². The first-order chi connectivity index (χ1) is 10.1. The third-order valence-corrected chi connectivity index (χ3v) is 3.48. The Labute approximate surface area is 135 Å². The molecule has 0 amide bonds. The molecule has 0 fully saturated rings. The van der Waals surface area contributed by atoms with Gasteiger partial charge in [-0.2, -0.15) is 0 Å². The van der Waals surface area contributed by atoms with Gasteiger partial charge < -0.3 is 15.4 Å². The average Bonchev–Trinajstić information content (AvgIpc) is 2.47. The fourth-order valence-corrected chi connectivity index (χ4v) is 2.41. The third-order valence-electron chi connectivity index (χ3n) is 3.02. The second-order valence-corrected chi connectivity index (χ2v) is 5.45. The lowest BCUT2D eigenvalue weighted by molar-refractivity contribution is 0.413. The summed E-state index contributed by atoms with van der Waals surface area (Å²) in [5, 5.41) is 7.57. The summed E-state index contributed by atoms with van der Waals surface area (Å²) in [5.74, 6) is 0.829. The number of anilines is 1. The number of hydrogen-bond acceptors (Lipinski definition) is 2. The molecule has 21 heavy (non-hydrogen) atoms. The number of methoxy groups -OCH3 is 1. The van der Waals surface area contributed by atoms with Gasteiger partial charge in [-0.15, -0.1) is 0 Å². The van der Waals surface area contributed by atoms with E-state index in [0.717, 1.165) is 17.0 Å². The Kier molecular flexibility index (Phi) is 5.42. The monoisotopic (exact) mass is 320 g/mol. The van der Waals surface area contributed by atoms with Crippen molar-refractivity contribution in [1.82, 2.24) is 5.32 Å². The Hall–Kier alpha value is -1.78. The zero-order chi connectivity index (χ0) is 15.2. The molecule has 2 rings (SSSR count). The summed E-state index contributed by atoms with van der Waals surface area (Å²) in [4.78, 5) is 0. The van der Waals surface area contributed by atoms with Crippen molar-refractivity contribution in [3.63, 3.8) is 0 Å². The van der Waals surface area contributed by atoms with Gasteiger partial charge in [0.05, 0.1) is 13.2 Å². The number of nitrogens with one attached hydrogen (secondary N) is 2. The summed E-state index contributed by atoms with van der Waals surface area (Å²) >= 11 is 11.3. The van der Waals surface area contributed by atoms with Gasteiger partial charge in [-0.05, 0) is 55.0 Å². The summed E-state index contributed by atoms with van der Waals surface area (Å²) in [5.41, 5.74) is 1.96. The maximum absolute atomic E-state index is 5.95. The molecule has 0 saturated heterocycles. The Bertz CT molecular complexity index is 633. The molecule has 0 heterocycles. The van der Waals surface area contributed by atoms with Crippen LogP contribution in [0.5, 0.6) is 5.75 Å².